The molecule has 1 aromatic heterocycles. The molecule has 1 amide bonds. The van der Waals surface area contributed by atoms with E-state index in [4.69, 9.17) is 24.2 Å². The molecule has 0 bridgehead atoms. The lowest BCUT2D eigenvalue weighted by atomic mass is 9.55. The molecule has 13 nitrogen and oxygen atoms in total. The molecule has 3 aliphatic carbocycles. The molecule has 70 heavy (non-hydrogen) atoms. The van der Waals surface area contributed by atoms with Crippen LogP contribution in [-0.4, -0.2) is 68.3 Å². The summed E-state index contributed by atoms with van der Waals surface area (Å²) in [4.78, 5) is 39.0. The maximum atomic E-state index is 15.2. The fourth-order valence-corrected chi connectivity index (χ4v) is 11.4. The summed E-state index contributed by atoms with van der Waals surface area (Å²) >= 11 is 0. The van der Waals surface area contributed by atoms with Crippen molar-refractivity contribution in [2.75, 3.05) is 19.8 Å². The van der Waals surface area contributed by atoms with Gasteiger partial charge in [0.1, 0.15) is 36.6 Å². The predicted molar refractivity (Wildman–Crippen MR) is 264 cm³/mol. The number of hydrogen-bond acceptors (Lipinski definition) is 11. The topological polar surface area (TPSA) is 166 Å². The van der Waals surface area contributed by atoms with Crippen molar-refractivity contribution in [2.45, 2.75) is 128 Å². The van der Waals surface area contributed by atoms with Gasteiger partial charge in [0, 0.05) is 61.9 Å². The first-order chi connectivity index (χ1) is 34.1. The molecule has 2 N–H and O–H groups in total. The number of halogens is 1. The molecule has 6 atom stereocenters. The summed E-state index contributed by atoms with van der Waals surface area (Å²) in [6.45, 7) is 6.69. The van der Waals surface area contributed by atoms with Gasteiger partial charge >= 0.3 is 0 Å². The van der Waals surface area contributed by atoms with E-state index in [-0.39, 0.29) is 81.2 Å². The number of ether oxygens (including phenoxy) is 3. The number of fused-ring (bicyclic) bond motifs is 2. The molecule has 2 saturated carbocycles. The van der Waals surface area contributed by atoms with Gasteiger partial charge in [0.05, 0.1) is 28.9 Å². The molecule has 0 spiro atoms. The van der Waals surface area contributed by atoms with Crippen LogP contribution in [0.3, 0.4) is 0 Å². The van der Waals surface area contributed by atoms with E-state index in [1.807, 2.05) is 42.2 Å². The van der Waals surface area contributed by atoms with Gasteiger partial charge < -0.3 is 34.2 Å². The molecule has 1 aliphatic heterocycles. The standard InChI is InChI=1S/C56H67FN4O9/c1-3-31-68-56-52(60(35-40-17-22-43(57)23-18-40)53(64)28-21-39-12-4-5-13-39)34-50(59-69-36-41-19-24-45(25-20-41)61(65)66)48-32-42(14-6-8-29-62)47(16-7-9-30-63)54(55(48)56)49-33-46(26-27-51(49)70-56)67-37-44-15-10-11-38(2)58-44/h3,10-11,15,17-20,22-27,32-33,39,42,47,52,54-55,62-63H,1,4-9,12-14,16,21,28-31,34-37H2,2H3/t42-,47+,52-,54+,55+,56+/m0/s1. The number of rotatable bonds is 24. The number of hydrogen-bond donors (Lipinski definition) is 2. The van der Waals surface area contributed by atoms with Crippen molar-refractivity contribution in [2.24, 2.45) is 28.8 Å². The zero-order valence-electron chi connectivity index (χ0n) is 40.3. The Kier molecular flexibility index (Phi) is 17.1. The monoisotopic (exact) mass is 958 g/mol. The van der Waals surface area contributed by atoms with Crippen LogP contribution in [-0.2, 0) is 34.1 Å². The number of nitrogens with zero attached hydrogens (tertiary/aromatic N) is 4. The summed E-state index contributed by atoms with van der Waals surface area (Å²) in [7, 11) is 0. The van der Waals surface area contributed by atoms with Gasteiger partial charge in [-0.2, -0.15) is 0 Å². The highest BCUT2D eigenvalue weighted by atomic mass is 19.1. The van der Waals surface area contributed by atoms with Crippen molar-refractivity contribution >= 4 is 17.3 Å². The molecule has 4 aromatic rings. The molecule has 0 saturated heterocycles. The van der Waals surface area contributed by atoms with E-state index in [1.54, 1.807) is 30.3 Å². The van der Waals surface area contributed by atoms with Crippen LogP contribution in [0.15, 0.2) is 114 Å². The van der Waals surface area contributed by atoms with Crippen molar-refractivity contribution in [3.8, 4) is 11.5 Å². The molecule has 0 unspecified atom stereocenters. The lowest BCUT2D eigenvalue weighted by molar-refractivity contribution is -0.384. The third-order valence-electron chi connectivity index (χ3n) is 14.7. The molecule has 372 valence electrons. The molecule has 0 radical (unpaired) electrons. The van der Waals surface area contributed by atoms with Crippen molar-refractivity contribution in [3.05, 3.63) is 153 Å². The average molecular weight is 959 g/mol. The number of benzene rings is 3. The number of carbonyl (C=O) groups excluding carboxylic acids is 1. The van der Waals surface area contributed by atoms with Crippen LogP contribution in [0.25, 0.3) is 0 Å². The normalized spacial score (nSPS) is 23.2. The van der Waals surface area contributed by atoms with Crippen LogP contribution < -0.4 is 9.47 Å². The van der Waals surface area contributed by atoms with E-state index in [1.165, 1.54) is 24.3 Å². The van der Waals surface area contributed by atoms with E-state index in [2.05, 4.69) is 23.7 Å². The number of aliphatic hydroxyl groups excluding tert-OH is 2. The Hall–Kier alpha value is -5.96. The first-order valence-electron chi connectivity index (χ1n) is 25.1. The maximum Gasteiger partial charge on any atom is 0.269 e. The number of aromatic nitrogens is 1. The van der Waals surface area contributed by atoms with Gasteiger partial charge in [-0.1, -0.05) is 74.0 Å². The third kappa shape index (κ3) is 11.8. The number of nitro groups is 1. The van der Waals surface area contributed by atoms with Crippen LogP contribution in [0.4, 0.5) is 10.1 Å². The summed E-state index contributed by atoms with van der Waals surface area (Å²) in [5.74, 6) is -1.08. The largest absolute Gasteiger partial charge is 0.487 e. The number of aliphatic hydroxyl groups is 2. The highest BCUT2D eigenvalue weighted by Gasteiger charge is 2.65. The Labute approximate surface area is 410 Å². The minimum atomic E-state index is -1.49. The second-order valence-corrected chi connectivity index (χ2v) is 19.4. The Morgan fingerprint density at radius 3 is 2.43 bits per heavy atom. The Morgan fingerprint density at radius 2 is 1.71 bits per heavy atom. The highest BCUT2D eigenvalue weighted by molar-refractivity contribution is 6.03. The van der Waals surface area contributed by atoms with Crippen LogP contribution in [0.1, 0.15) is 117 Å². The lowest BCUT2D eigenvalue weighted by Gasteiger charge is -2.60. The number of carbonyl (C=O) groups is 1. The van der Waals surface area contributed by atoms with E-state index in [9.17, 15) is 24.7 Å². The van der Waals surface area contributed by atoms with Crippen LogP contribution >= 0.6 is 0 Å². The fourth-order valence-electron chi connectivity index (χ4n) is 11.4. The Bertz CT molecular complexity index is 2480. The number of oxime groups is 1. The van der Waals surface area contributed by atoms with Gasteiger partial charge in [-0.25, -0.2) is 4.39 Å². The fraction of sp³-hybridized carbons (Fsp3) is 0.482. The summed E-state index contributed by atoms with van der Waals surface area (Å²) in [5.41, 5.74) is 5.52. The number of unbranched alkanes of at least 4 members (excludes halogenated alkanes) is 2. The highest BCUT2D eigenvalue weighted by Crippen LogP contribution is 2.62. The molecule has 4 aliphatic rings. The smallest absolute Gasteiger partial charge is 0.269 e. The molecular formula is C56H67FN4O9. The zero-order chi connectivity index (χ0) is 49.0. The van der Waals surface area contributed by atoms with Crippen molar-refractivity contribution < 1.29 is 43.4 Å². The quantitative estimate of drug-likeness (QED) is 0.0299. The minimum Gasteiger partial charge on any atom is -0.487 e. The molecule has 2 heterocycles. The molecular weight excluding hydrogens is 892 g/mol. The molecule has 8 rings (SSSR count). The van der Waals surface area contributed by atoms with E-state index in [0.717, 1.165) is 85.9 Å². The first-order valence-corrected chi connectivity index (χ1v) is 25.1. The van der Waals surface area contributed by atoms with Crippen molar-refractivity contribution in [1.82, 2.24) is 9.88 Å². The van der Waals surface area contributed by atoms with E-state index < -0.39 is 22.7 Å². The van der Waals surface area contributed by atoms with Gasteiger partial charge in [0.25, 0.3) is 5.69 Å². The number of non-ortho nitro benzene ring substituents is 1. The van der Waals surface area contributed by atoms with Crippen LogP contribution in [0.5, 0.6) is 11.5 Å². The Balaban J connectivity index is 1.30. The number of aryl methyl sites for hydroxylation is 1. The average Bonchev–Trinajstić information content (AvgIpc) is 3.90. The lowest BCUT2D eigenvalue weighted by Crippen LogP contribution is -2.70. The van der Waals surface area contributed by atoms with E-state index in [0.29, 0.717) is 48.0 Å². The SMILES string of the molecule is C=CCO[C@@]12Oc3ccc(OCc4cccc(C)n4)cc3[C@H]3[C@H](CCCCO)[C@@H](CCCCO)C=C(C(=NOCc4ccc([N+](=O)[O-])cc4)C[C@@H]1N(Cc1ccc(F)cc1)C(=O)CCC1CCCC1)[C@H]32. The van der Waals surface area contributed by atoms with Gasteiger partial charge in [0.15, 0.2) is 0 Å². The van der Waals surface area contributed by atoms with Gasteiger partial charge in [0.2, 0.25) is 11.7 Å². The van der Waals surface area contributed by atoms with Crippen LogP contribution in [0.2, 0.25) is 0 Å². The minimum absolute atomic E-state index is 0.00500. The van der Waals surface area contributed by atoms with Crippen molar-refractivity contribution in [1.29, 1.82) is 0 Å². The number of pyridine rings is 1. The summed E-state index contributed by atoms with van der Waals surface area (Å²) < 4.78 is 35.7. The number of nitro benzene ring substituents is 1. The summed E-state index contributed by atoms with van der Waals surface area (Å²) in [6.07, 6.45) is 14.0. The molecule has 3 aromatic carbocycles. The van der Waals surface area contributed by atoms with Gasteiger partial charge in [-0.3, -0.25) is 19.9 Å². The van der Waals surface area contributed by atoms with Gasteiger partial charge in [-0.15, -0.1) is 6.58 Å². The first kappa shape index (κ1) is 50.4. The third-order valence-corrected chi connectivity index (χ3v) is 14.7. The Morgan fingerprint density at radius 1 is 0.971 bits per heavy atom. The van der Waals surface area contributed by atoms with E-state index >= 15 is 4.79 Å². The second kappa shape index (κ2) is 23.8. The number of amides is 1. The summed E-state index contributed by atoms with van der Waals surface area (Å²) in [6, 6.07) is 23.4. The summed E-state index contributed by atoms with van der Waals surface area (Å²) in [5, 5.41) is 36.5. The molecule has 2 fully saturated rings. The van der Waals surface area contributed by atoms with Crippen LogP contribution in [0, 0.1) is 46.5 Å². The number of allylic oxidation sites excluding steroid dienone is 1. The second-order valence-electron chi connectivity index (χ2n) is 19.4. The zero-order valence-corrected chi connectivity index (χ0v) is 40.3. The maximum absolute atomic E-state index is 15.2. The predicted octanol–water partition coefficient (Wildman–Crippen LogP) is 10.8. The van der Waals surface area contributed by atoms with Gasteiger partial charge in [-0.05, 0) is 128 Å². The van der Waals surface area contributed by atoms with Crippen molar-refractivity contribution in [3.63, 3.8) is 0 Å². The molecule has 14 heteroatoms.